The van der Waals surface area contributed by atoms with E-state index in [4.69, 9.17) is 4.74 Å². The highest BCUT2D eigenvalue weighted by Gasteiger charge is 2.48. The van der Waals surface area contributed by atoms with Crippen LogP contribution in [0, 0.1) is 11.8 Å². The van der Waals surface area contributed by atoms with Gasteiger partial charge >= 0.3 is 6.09 Å². The Morgan fingerprint density at radius 2 is 1.63 bits per heavy atom. The van der Waals surface area contributed by atoms with Crippen LogP contribution in [0.15, 0.2) is 30.3 Å². The van der Waals surface area contributed by atoms with Crippen molar-refractivity contribution in [2.75, 3.05) is 33.8 Å². The number of β-amino-alcohol motifs (C(OH)–C–C–N with tert-alkyl or cyclic N) is 1. The van der Waals surface area contributed by atoms with Crippen LogP contribution in [0.1, 0.15) is 90.7 Å². The molecule has 1 aromatic rings. The third kappa shape index (κ3) is 12.0. The molecule has 3 rings (SSSR count). The zero-order valence-electron chi connectivity index (χ0n) is 31.2. The van der Waals surface area contributed by atoms with Crippen molar-refractivity contribution in [3.63, 3.8) is 0 Å². The number of rotatable bonds is 16. The second kappa shape index (κ2) is 19.3. The first-order valence-electron chi connectivity index (χ1n) is 18.2. The number of Topliss-reactive ketones (excluding diaryl/α,β-unsaturated/α-hetero) is 1. The van der Waals surface area contributed by atoms with Gasteiger partial charge in [0.05, 0.1) is 31.3 Å². The van der Waals surface area contributed by atoms with Crippen molar-refractivity contribution in [3.8, 4) is 0 Å². The molecule has 0 radical (unpaired) electrons. The second-order valence-corrected chi connectivity index (χ2v) is 14.7. The van der Waals surface area contributed by atoms with Crippen molar-refractivity contribution in [1.82, 2.24) is 31.1 Å². The fraction of sp³-hybridized carbons (Fsp3) is 0.649. The van der Waals surface area contributed by atoms with Gasteiger partial charge in [0.15, 0.2) is 0 Å². The summed E-state index contributed by atoms with van der Waals surface area (Å²) in [5.74, 6) is -4.59. The van der Waals surface area contributed by atoms with Crippen molar-refractivity contribution >= 4 is 41.4 Å². The SMILES string of the molecule is CCCC(NC(=O)[C@@H]1CC(C)(O)CN1C(=O)[C@@H](NC(=O)OCC(C)C)C1CCCCC1)C(=O)C(=O)NCC(=O)NC(C(=O)N(C)C)c1ccccc1. The number of benzene rings is 1. The van der Waals surface area contributed by atoms with Crippen LogP contribution in [0.2, 0.25) is 0 Å². The number of nitrogens with one attached hydrogen (secondary N) is 4. The summed E-state index contributed by atoms with van der Waals surface area (Å²) in [5.41, 5.74) is -0.902. The molecule has 52 heavy (non-hydrogen) atoms. The summed E-state index contributed by atoms with van der Waals surface area (Å²) in [5, 5.41) is 21.2. The number of likely N-dealkylation sites (tertiary alicyclic amines) is 1. The molecule has 15 heteroatoms. The van der Waals surface area contributed by atoms with Gasteiger partial charge in [-0.05, 0) is 43.6 Å². The maximum atomic E-state index is 14.1. The molecule has 5 N–H and O–H groups in total. The molecule has 5 atom stereocenters. The van der Waals surface area contributed by atoms with Gasteiger partial charge < -0.3 is 40.9 Å². The van der Waals surface area contributed by atoms with E-state index in [-0.39, 0.29) is 37.8 Å². The molecule has 288 valence electrons. The number of hydrogen-bond donors (Lipinski definition) is 5. The van der Waals surface area contributed by atoms with Gasteiger partial charge in [0, 0.05) is 20.5 Å². The second-order valence-electron chi connectivity index (χ2n) is 14.7. The third-order valence-electron chi connectivity index (χ3n) is 9.28. The first-order valence-corrected chi connectivity index (χ1v) is 18.2. The molecule has 2 fully saturated rings. The maximum Gasteiger partial charge on any atom is 0.407 e. The van der Waals surface area contributed by atoms with Gasteiger partial charge in [0.25, 0.3) is 5.91 Å². The van der Waals surface area contributed by atoms with Gasteiger partial charge in [-0.2, -0.15) is 0 Å². The van der Waals surface area contributed by atoms with E-state index in [9.17, 15) is 38.7 Å². The summed E-state index contributed by atoms with van der Waals surface area (Å²) in [6.45, 7) is 6.42. The van der Waals surface area contributed by atoms with E-state index in [1.165, 1.54) is 16.7 Å². The Balaban J connectivity index is 1.71. The molecular weight excluding hydrogens is 672 g/mol. The van der Waals surface area contributed by atoms with E-state index in [2.05, 4.69) is 21.3 Å². The van der Waals surface area contributed by atoms with Gasteiger partial charge in [-0.1, -0.05) is 76.8 Å². The molecule has 3 unspecified atom stereocenters. The number of ether oxygens (including phenoxy) is 1. The van der Waals surface area contributed by atoms with Crippen molar-refractivity contribution in [2.24, 2.45) is 11.8 Å². The topological polar surface area (TPSA) is 204 Å². The molecule has 1 aliphatic carbocycles. The molecule has 2 aliphatic rings. The molecular formula is C37H56N6O9. The summed E-state index contributed by atoms with van der Waals surface area (Å²) >= 11 is 0. The van der Waals surface area contributed by atoms with Gasteiger partial charge in [-0.25, -0.2) is 4.79 Å². The third-order valence-corrected chi connectivity index (χ3v) is 9.28. The number of nitrogens with zero attached hydrogens (tertiary/aromatic N) is 2. The van der Waals surface area contributed by atoms with Gasteiger partial charge in [-0.15, -0.1) is 0 Å². The van der Waals surface area contributed by atoms with Crippen molar-refractivity contribution in [2.45, 2.75) is 109 Å². The van der Waals surface area contributed by atoms with Gasteiger partial charge in [0.2, 0.25) is 29.4 Å². The average Bonchev–Trinajstić information content (AvgIpc) is 3.45. The zero-order chi connectivity index (χ0) is 38.6. The number of alkyl carbamates (subject to hydrolysis) is 1. The average molecular weight is 729 g/mol. The molecule has 6 amide bonds. The minimum absolute atomic E-state index is 0.0834. The number of ketones is 1. The number of carbonyl (C=O) groups excluding carboxylic acids is 7. The van der Waals surface area contributed by atoms with E-state index < -0.39 is 77.7 Å². The smallest absolute Gasteiger partial charge is 0.407 e. The first-order chi connectivity index (χ1) is 24.5. The Morgan fingerprint density at radius 3 is 2.23 bits per heavy atom. The quantitative estimate of drug-likeness (QED) is 0.157. The Labute approximate surface area is 305 Å². The lowest BCUT2D eigenvalue weighted by Gasteiger charge is -2.34. The Hall–Kier alpha value is -4.53. The number of amides is 6. The molecule has 1 saturated carbocycles. The molecule has 0 spiro atoms. The highest BCUT2D eigenvalue weighted by Crippen LogP contribution is 2.32. The predicted molar refractivity (Wildman–Crippen MR) is 191 cm³/mol. The summed E-state index contributed by atoms with van der Waals surface area (Å²) in [6.07, 6.45) is 3.79. The van der Waals surface area contributed by atoms with Crippen LogP contribution in [-0.4, -0.2) is 114 Å². The number of likely N-dealkylation sites (N-methyl/N-ethyl adjacent to an activating group) is 1. The van der Waals surface area contributed by atoms with Crippen molar-refractivity contribution < 1.29 is 43.4 Å². The highest BCUT2D eigenvalue weighted by atomic mass is 16.5. The highest BCUT2D eigenvalue weighted by molar-refractivity contribution is 6.38. The zero-order valence-corrected chi connectivity index (χ0v) is 31.2. The first kappa shape index (κ1) is 41.9. The van der Waals surface area contributed by atoms with Gasteiger partial charge in [-0.3, -0.25) is 28.8 Å². The fourth-order valence-corrected chi connectivity index (χ4v) is 6.61. The molecule has 1 aliphatic heterocycles. The van der Waals surface area contributed by atoms with Crippen molar-refractivity contribution in [1.29, 1.82) is 0 Å². The Bertz CT molecular complexity index is 1430. The van der Waals surface area contributed by atoms with Crippen LogP contribution in [0.25, 0.3) is 0 Å². The summed E-state index contributed by atoms with van der Waals surface area (Å²) in [7, 11) is 3.09. The van der Waals surface area contributed by atoms with E-state index in [0.29, 0.717) is 24.8 Å². The summed E-state index contributed by atoms with van der Waals surface area (Å²) in [6, 6.07) is 4.10. The summed E-state index contributed by atoms with van der Waals surface area (Å²) in [4.78, 5) is 95.1. The van der Waals surface area contributed by atoms with Crippen LogP contribution in [0.4, 0.5) is 4.79 Å². The Kier molecular flexibility index (Phi) is 15.6. The minimum atomic E-state index is -1.44. The van der Waals surface area contributed by atoms with Crippen LogP contribution < -0.4 is 21.3 Å². The van der Waals surface area contributed by atoms with Gasteiger partial charge in [0.1, 0.15) is 18.1 Å². The molecule has 1 saturated heterocycles. The van der Waals surface area contributed by atoms with E-state index in [1.54, 1.807) is 51.4 Å². The van der Waals surface area contributed by atoms with Crippen molar-refractivity contribution in [3.05, 3.63) is 35.9 Å². The van der Waals surface area contributed by atoms with Crippen LogP contribution in [-0.2, 0) is 33.5 Å². The van der Waals surface area contributed by atoms with Crippen LogP contribution in [0.3, 0.4) is 0 Å². The monoisotopic (exact) mass is 728 g/mol. The lowest BCUT2D eigenvalue weighted by Crippen LogP contribution is -2.58. The largest absolute Gasteiger partial charge is 0.449 e. The summed E-state index contributed by atoms with van der Waals surface area (Å²) < 4.78 is 5.31. The molecule has 1 heterocycles. The standard InChI is InChI=1S/C37H56N6O9/c1-7-14-26(31(45)33(47)38-20-28(44)40-29(34(48)42(5)6)24-15-10-8-11-16-24)39-32(46)27-19-37(4,51)22-43(27)35(49)30(25-17-12-9-13-18-25)41-36(50)52-21-23(2)3/h8,10-11,15-16,23,25-27,29-30,51H,7,9,12-14,17-22H2,1-6H3,(H,38,47)(H,39,46)(H,40,44)(H,41,50)/t26?,27-,29?,30-,37?/m0/s1. The molecule has 1 aromatic carbocycles. The van der Waals surface area contributed by atoms with Crippen LogP contribution in [0.5, 0.6) is 0 Å². The van der Waals surface area contributed by atoms with E-state index >= 15 is 0 Å². The normalized spacial score (nSPS) is 20.6. The number of aliphatic hydroxyl groups is 1. The molecule has 0 aromatic heterocycles. The molecule has 15 nitrogen and oxygen atoms in total. The Morgan fingerprint density at radius 1 is 0.981 bits per heavy atom. The van der Waals surface area contributed by atoms with E-state index in [1.807, 2.05) is 13.8 Å². The maximum absolute atomic E-state index is 14.1. The number of carbonyl (C=O) groups is 7. The lowest BCUT2D eigenvalue weighted by atomic mass is 9.83. The minimum Gasteiger partial charge on any atom is -0.449 e. The van der Waals surface area contributed by atoms with E-state index in [0.717, 1.165) is 19.3 Å². The van der Waals surface area contributed by atoms with Crippen LogP contribution >= 0.6 is 0 Å². The lowest BCUT2D eigenvalue weighted by molar-refractivity contribution is -0.143. The number of hydrogen-bond acceptors (Lipinski definition) is 9. The molecule has 0 bridgehead atoms. The fourth-order valence-electron chi connectivity index (χ4n) is 6.61. The predicted octanol–water partition coefficient (Wildman–Crippen LogP) is 1.59.